The van der Waals surface area contributed by atoms with E-state index < -0.39 is 11.7 Å². The largest absolute Gasteiger partial charge is 0.486 e. The topological polar surface area (TPSA) is 67.9 Å². The van der Waals surface area contributed by atoms with Crippen LogP contribution in [0, 0.1) is 0 Å². The van der Waals surface area contributed by atoms with Gasteiger partial charge in [-0.3, -0.25) is 10.1 Å². The molecule has 0 bridgehead atoms. The van der Waals surface area contributed by atoms with Crippen molar-refractivity contribution in [2.24, 2.45) is 0 Å². The first-order valence-electron chi connectivity index (χ1n) is 9.78. The van der Waals surface area contributed by atoms with Crippen molar-refractivity contribution in [2.45, 2.75) is 52.4 Å². The summed E-state index contributed by atoms with van der Waals surface area (Å²) < 4.78 is 11.4. The number of ether oxygens (including phenoxy) is 2. The summed E-state index contributed by atoms with van der Waals surface area (Å²) in [7, 11) is 0. The second kappa shape index (κ2) is 8.55. The van der Waals surface area contributed by atoms with Gasteiger partial charge in [0.05, 0.1) is 12.2 Å². The second-order valence-corrected chi connectivity index (χ2v) is 8.32. The van der Waals surface area contributed by atoms with Crippen LogP contribution in [0.5, 0.6) is 5.75 Å². The van der Waals surface area contributed by atoms with E-state index in [4.69, 9.17) is 9.47 Å². The minimum Gasteiger partial charge on any atom is -0.486 e. The van der Waals surface area contributed by atoms with Crippen LogP contribution < -0.4 is 15.0 Å². The van der Waals surface area contributed by atoms with Crippen LogP contribution in [0.25, 0.3) is 0 Å². The molecule has 0 spiro atoms. The molecule has 1 amide bonds. The van der Waals surface area contributed by atoms with Crippen molar-refractivity contribution in [3.05, 3.63) is 54.1 Å². The minimum atomic E-state index is -0.569. The summed E-state index contributed by atoms with van der Waals surface area (Å²) in [5, 5.41) is 2.78. The Hall–Kier alpha value is -3.02. The van der Waals surface area contributed by atoms with Crippen molar-refractivity contribution in [3.8, 4) is 5.75 Å². The van der Waals surface area contributed by atoms with Gasteiger partial charge < -0.3 is 14.4 Å². The molecule has 3 rings (SSSR count). The van der Waals surface area contributed by atoms with Crippen LogP contribution in [0.3, 0.4) is 0 Å². The number of nitrogens with zero attached hydrogens (tertiary/aromatic N) is 1. The third-order valence-electron chi connectivity index (χ3n) is 4.39. The molecule has 6 nitrogen and oxygen atoms in total. The average Bonchev–Trinajstić information content (AvgIpc) is 2.61. The van der Waals surface area contributed by atoms with E-state index in [1.54, 1.807) is 13.0 Å². The SMILES string of the molecule is CC(=O)C[C@H]1CN(Cc2ccccc2)c2cc(NC(=O)OC(C)(C)C)ccc2O1. The van der Waals surface area contributed by atoms with Gasteiger partial charge >= 0.3 is 6.09 Å². The normalized spacial score (nSPS) is 15.9. The first-order valence-corrected chi connectivity index (χ1v) is 9.78. The number of rotatable bonds is 5. The summed E-state index contributed by atoms with van der Waals surface area (Å²) >= 11 is 0. The predicted molar refractivity (Wildman–Crippen MR) is 114 cm³/mol. The molecule has 1 atom stereocenters. The summed E-state index contributed by atoms with van der Waals surface area (Å²) in [6.45, 7) is 8.32. The zero-order valence-electron chi connectivity index (χ0n) is 17.4. The maximum Gasteiger partial charge on any atom is 0.412 e. The predicted octanol–water partition coefficient (Wildman–Crippen LogP) is 4.78. The summed E-state index contributed by atoms with van der Waals surface area (Å²) in [4.78, 5) is 25.9. The highest BCUT2D eigenvalue weighted by Gasteiger charge is 2.27. The quantitative estimate of drug-likeness (QED) is 0.788. The Kier molecular flexibility index (Phi) is 6.11. The third kappa shape index (κ3) is 5.98. The number of nitrogens with one attached hydrogen (secondary N) is 1. The highest BCUT2D eigenvalue weighted by molar-refractivity contribution is 5.86. The lowest BCUT2D eigenvalue weighted by Crippen LogP contribution is -2.40. The third-order valence-corrected chi connectivity index (χ3v) is 4.39. The number of hydrogen-bond acceptors (Lipinski definition) is 5. The number of hydrogen-bond donors (Lipinski definition) is 1. The molecule has 0 saturated heterocycles. The molecule has 0 radical (unpaired) electrons. The Morgan fingerprint density at radius 3 is 2.55 bits per heavy atom. The Labute approximate surface area is 171 Å². The zero-order chi connectivity index (χ0) is 21.0. The molecule has 29 heavy (non-hydrogen) atoms. The van der Waals surface area contributed by atoms with Crippen molar-refractivity contribution in [2.75, 3.05) is 16.8 Å². The number of amides is 1. The van der Waals surface area contributed by atoms with Gasteiger partial charge in [0.25, 0.3) is 0 Å². The van der Waals surface area contributed by atoms with E-state index >= 15 is 0 Å². The van der Waals surface area contributed by atoms with Crippen LogP contribution >= 0.6 is 0 Å². The molecule has 154 valence electrons. The monoisotopic (exact) mass is 396 g/mol. The molecular weight excluding hydrogens is 368 g/mol. The maximum atomic E-state index is 12.1. The molecule has 1 aliphatic heterocycles. The first kappa shape index (κ1) is 20.7. The van der Waals surface area contributed by atoms with Crippen LogP contribution in [0.15, 0.2) is 48.5 Å². The highest BCUT2D eigenvalue weighted by Crippen LogP contribution is 2.37. The van der Waals surface area contributed by atoms with E-state index in [0.717, 1.165) is 11.3 Å². The molecule has 2 aromatic rings. The fraction of sp³-hybridized carbons (Fsp3) is 0.391. The van der Waals surface area contributed by atoms with Gasteiger partial charge in [-0.1, -0.05) is 30.3 Å². The maximum absolute atomic E-state index is 12.1. The van der Waals surface area contributed by atoms with Gasteiger partial charge in [-0.15, -0.1) is 0 Å². The Balaban J connectivity index is 1.84. The van der Waals surface area contributed by atoms with Crippen molar-refractivity contribution < 1.29 is 19.1 Å². The molecule has 1 heterocycles. The summed E-state index contributed by atoms with van der Waals surface area (Å²) in [5.74, 6) is 0.800. The van der Waals surface area contributed by atoms with Gasteiger partial charge in [-0.05, 0) is 51.5 Å². The van der Waals surface area contributed by atoms with Crippen LogP contribution in [-0.4, -0.2) is 30.1 Å². The van der Waals surface area contributed by atoms with E-state index in [2.05, 4.69) is 22.3 Å². The van der Waals surface area contributed by atoms with Gasteiger partial charge in [-0.2, -0.15) is 0 Å². The lowest BCUT2D eigenvalue weighted by Gasteiger charge is -2.36. The fourth-order valence-corrected chi connectivity index (χ4v) is 3.30. The van der Waals surface area contributed by atoms with E-state index in [1.165, 1.54) is 0 Å². The molecule has 0 unspecified atom stereocenters. The lowest BCUT2D eigenvalue weighted by molar-refractivity contribution is -0.118. The molecule has 0 aromatic heterocycles. The van der Waals surface area contributed by atoms with Crippen molar-refractivity contribution in [1.29, 1.82) is 0 Å². The summed E-state index contributed by atoms with van der Waals surface area (Å²) in [6, 6.07) is 15.6. The van der Waals surface area contributed by atoms with Crippen LogP contribution in [-0.2, 0) is 16.1 Å². The van der Waals surface area contributed by atoms with Gasteiger partial charge in [0.1, 0.15) is 23.2 Å². The molecule has 0 aliphatic carbocycles. The molecule has 0 fully saturated rings. The average molecular weight is 396 g/mol. The second-order valence-electron chi connectivity index (χ2n) is 8.32. The van der Waals surface area contributed by atoms with E-state index in [-0.39, 0.29) is 11.9 Å². The van der Waals surface area contributed by atoms with Crippen molar-refractivity contribution in [1.82, 2.24) is 0 Å². The van der Waals surface area contributed by atoms with Crippen LogP contribution in [0.1, 0.15) is 39.7 Å². The van der Waals surface area contributed by atoms with Crippen LogP contribution in [0.2, 0.25) is 0 Å². The molecular formula is C23H28N2O4. The fourth-order valence-electron chi connectivity index (χ4n) is 3.30. The molecule has 6 heteroatoms. The first-order chi connectivity index (χ1) is 13.7. The van der Waals surface area contributed by atoms with E-state index in [0.29, 0.717) is 30.9 Å². The summed E-state index contributed by atoms with van der Waals surface area (Å²) in [6.07, 6.45) is -0.338. The number of fused-ring (bicyclic) bond motifs is 1. The number of ketones is 1. The van der Waals surface area contributed by atoms with E-state index in [9.17, 15) is 9.59 Å². The number of benzene rings is 2. The Morgan fingerprint density at radius 2 is 1.90 bits per heavy atom. The number of anilines is 2. The molecule has 2 aromatic carbocycles. The Bertz CT molecular complexity index is 874. The van der Waals surface area contributed by atoms with Gasteiger partial charge in [0, 0.05) is 18.7 Å². The Morgan fingerprint density at radius 1 is 1.17 bits per heavy atom. The number of Topliss-reactive ketones (excluding diaryl/α,β-unsaturated/α-hetero) is 1. The molecule has 1 N–H and O–H groups in total. The molecule has 0 saturated carbocycles. The van der Waals surface area contributed by atoms with E-state index in [1.807, 2.05) is 51.1 Å². The standard InChI is InChI=1S/C23H28N2O4/c1-16(26)12-19-15-25(14-17-8-6-5-7-9-17)20-13-18(10-11-21(20)28-19)24-22(27)29-23(2,3)4/h5-11,13,19H,12,14-15H2,1-4H3,(H,24,27)/t19-/m0/s1. The van der Waals surface area contributed by atoms with Crippen molar-refractivity contribution in [3.63, 3.8) is 0 Å². The smallest absolute Gasteiger partial charge is 0.412 e. The number of carbonyl (C=O) groups excluding carboxylic acids is 2. The zero-order valence-corrected chi connectivity index (χ0v) is 17.4. The lowest BCUT2D eigenvalue weighted by atomic mass is 10.1. The van der Waals surface area contributed by atoms with Crippen LogP contribution in [0.4, 0.5) is 16.2 Å². The highest BCUT2D eigenvalue weighted by atomic mass is 16.6. The van der Waals surface area contributed by atoms with Gasteiger partial charge in [0.15, 0.2) is 0 Å². The van der Waals surface area contributed by atoms with Gasteiger partial charge in [-0.25, -0.2) is 4.79 Å². The number of carbonyl (C=O) groups is 2. The summed E-state index contributed by atoms with van der Waals surface area (Å²) in [5.41, 5.74) is 2.10. The van der Waals surface area contributed by atoms with Gasteiger partial charge in [0.2, 0.25) is 0 Å². The van der Waals surface area contributed by atoms with Crippen molar-refractivity contribution >= 4 is 23.3 Å². The minimum absolute atomic E-state index is 0.0984. The molecule has 1 aliphatic rings.